The standard InChI is InChI=1S/C6H5Br.C3H6O2/c7-6-4-2-1-3-5-6;1-2-5-3-4/h1-5H;3H,2H2,1H3. The summed E-state index contributed by atoms with van der Waals surface area (Å²) in [6.07, 6.45) is 0. The van der Waals surface area contributed by atoms with E-state index in [0.29, 0.717) is 13.1 Å². The van der Waals surface area contributed by atoms with Crippen molar-refractivity contribution in [3.8, 4) is 0 Å². The highest BCUT2D eigenvalue weighted by molar-refractivity contribution is 9.10. The molecule has 0 saturated carbocycles. The fourth-order valence-corrected chi connectivity index (χ4v) is 0.788. The van der Waals surface area contributed by atoms with Crippen LogP contribution in [0.5, 0.6) is 0 Å². The second-order valence-corrected chi connectivity index (χ2v) is 2.76. The van der Waals surface area contributed by atoms with Crippen molar-refractivity contribution in [3.05, 3.63) is 34.8 Å². The molecule has 1 aromatic rings. The van der Waals surface area contributed by atoms with Crippen LogP contribution in [-0.2, 0) is 9.53 Å². The predicted octanol–water partition coefficient (Wildman–Crippen LogP) is 2.63. The van der Waals surface area contributed by atoms with Crippen molar-refractivity contribution in [2.75, 3.05) is 6.61 Å². The average molecular weight is 231 g/mol. The molecule has 1 aromatic carbocycles. The Bertz CT molecular complexity index is 199. The van der Waals surface area contributed by atoms with Gasteiger partial charge in [0.1, 0.15) is 0 Å². The topological polar surface area (TPSA) is 26.3 Å². The number of ether oxygens (including phenoxy) is 1. The molecule has 12 heavy (non-hydrogen) atoms. The van der Waals surface area contributed by atoms with Crippen molar-refractivity contribution in [2.45, 2.75) is 6.92 Å². The fourth-order valence-electron chi connectivity index (χ4n) is 0.483. The van der Waals surface area contributed by atoms with Gasteiger partial charge < -0.3 is 4.74 Å². The van der Waals surface area contributed by atoms with Crippen molar-refractivity contribution >= 4 is 22.4 Å². The molecule has 0 saturated heterocycles. The molecule has 0 fully saturated rings. The number of hydrogen-bond donors (Lipinski definition) is 0. The van der Waals surface area contributed by atoms with Crippen LogP contribution in [0, 0.1) is 0 Å². The smallest absolute Gasteiger partial charge is 0.293 e. The maximum Gasteiger partial charge on any atom is 0.293 e. The van der Waals surface area contributed by atoms with Crippen LogP contribution in [0.2, 0.25) is 0 Å². The van der Waals surface area contributed by atoms with Crippen LogP contribution < -0.4 is 0 Å². The molecule has 0 atom stereocenters. The van der Waals surface area contributed by atoms with Crippen molar-refractivity contribution in [1.82, 2.24) is 0 Å². The Kier molecular flexibility index (Phi) is 7.70. The van der Waals surface area contributed by atoms with Gasteiger partial charge in [-0.05, 0) is 19.1 Å². The Morgan fingerprint density at radius 1 is 1.42 bits per heavy atom. The first-order chi connectivity index (χ1) is 5.81. The quantitative estimate of drug-likeness (QED) is 0.731. The second kappa shape index (κ2) is 8.27. The predicted molar refractivity (Wildman–Crippen MR) is 51.8 cm³/mol. The lowest BCUT2D eigenvalue weighted by atomic mass is 10.4. The monoisotopic (exact) mass is 230 g/mol. The summed E-state index contributed by atoms with van der Waals surface area (Å²) in [6.45, 7) is 2.66. The third kappa shape index (κ3) is 7.28. The van der Waals surface area contributed by atoms with Gasteiger partial charge in [-0.25, -0.2) is 0 Å². The first kappa shape index (κ1) is 11.2. The fraction of sp³-hybridized carbons (Fsp3) is 0.222. The third-order valence-corrected chi connectivity index (χ3v) is 1.50. The molecule has 0 unspecified atom stereocenters. The first-order valence-electron chi connectivity index (χ1n) is 3.57. The van der Waals surface area contributed by atoms with Gasteiger partial charge in [0.2, 0.25) is 0 Å². The van der Waals surface area contributed by atoms with Crippen LogP contribution >= 0.6 is 15.9 Å². The van der Waals surface area contributed by atoms with Gasteiger partial charge in [0.15, 0.2) is 0 Å². The summed E-state index contributed by atoms with van der Waals surface area (Å²) >= 11 is 3.31. The minimum Gasteiger partial charge on any atom is -0.468 e. The zero-order chi connectivity index (χ0) is 9.23. The SMILES string of the molecule is Brc1ccccc1.CCOC=O. The molecule has 2 nitrogen and oxygen atoms in total. The average Bonchev–Trinajstić information content (AvgIpc) is 2.08. The lowest BCUT2D eigenvalue weighted by molar-refractivity contribution is -0.128. The highest BCUT2D eigenvalue weighted by Gasteiger charge is 1.74. The molecule has 0 N–H and O–H groups in total. The number of carbonyl (C=O) groups excluding carboxylic acids is 1. The number of carbonyl (C=O) groups is 1. The summed E-state index contributed by atoms with van der Waals surface area (Å²) in [4.78, 5) is 9.18. The molecular formula is C9H11BrO2. The van der Waals surface area contributed by atoms with E-state index in [1.807, 2.05) is 30.3 Å². The first-order valence-corrected chi connectivity index (χ1v) is 4.36. The normalized spacial score (nSPS) is 7.83. The number of hydrogen-bond acceptors (Lipinski definition) is 2. The van der Waals surface area contributed by atoms with Gasteiger partial charge in [0.25, 0.3) is 6.47 Å². The molecule has 0 amide bonds. The molecule has 0 spiro atoms. The maximum absolute atomic E-state index is 9.18. The molecule has 0 aliphatic heterocycles. The lowest BCUT2D eigenvalue weighted by Crippen LogP contribution is -1.80. The summed E-state index contributed by atoms with van der Waals surface area (Å²) in [6, 6.07) is 9.97. The zero-order valence-corrected chi connectivity index (χ0v) is 8.45. The van der Waals surface area contributed by atoms with Gasteiger partial charge in [0, 0.05) is 4.47 Å². The van der Waals surface area contributed by atoms with E-state index in [4.69, 9.17) is 0 Å². The summed E-state index contributed by atoms with van der Waals surface area (Å²) in [7, 11) is 0. The minimum atomic E-state index is 0.431. The molecule has 0 aliphatic rings. The highest BCUT2D eigenvalue weighted by atomic mass is 79.9. The summed E-state index contributed by atoms with van der Waals surface area (Å²) in [5, 5.41) is 0. The van der Waals surface area contributed by atoms with Crippen LogP contribution in [0.1, 0.15) is 6.92 Å². The van der Waals surface area contributed by atoms with Gasteiger partial charge in [0.05, 0.1) is 6.61 Å². The van der Waals surface area contributed by atoms with E-state index >= 15 is 0 Å². The van der Waals surface area contributed by atoms with Crippen LogP contribution in [0.15, 0.2) is 34.8 Å². The van der Waals surface area contributed by atoms with E-state index in [9.17, 15) is 4.79 Å². The van der Waals surface area contributed by atoms with E-state index in [0.717, 1.165) is 4.47 Å². The molecule has 66 valence electrons. The van der Waals surface area contributed by atoms with Gasteiger partial charge in [-0.3, -0.25) is 4.79 Å². The molecule has 0 radical (unpaired) electrons. The number of halogens is 1. The van der Waals surface area contributed by atoms with E-state index in [1.54, 1.807) is 6.92 Å². The third-order valence-electron chi connectivity index (χ3n) is 0.968. The van der Waals surface area contributed by atoms with Crippen LogP contribution in [-0.4, -0.2) is 13.1 Å². The van der Waals surface area contributed by atoms with E-state index < -0.39 is 0 Å². The van der Waals surface area contributed by atoms with Crippen LogP contribution in [0.25, 0.3) is 0 Å². The highest BCUT2D eigenvalue weighted by Crippen LogP contribution is 2.05. The molecule has 3 heteroatoms. The van der Waals surface area contributed by atoms with E-state index in [1.165, 1.54) is 0 Å². The van der Waals surface area contributed by atoms with Gasteiger partial charge >= 0.3 is 0 Å². The zero-order valence-electron chi connectivity index (χ0n) is 6.87. The molecule has 0 bridgehead atoms. The van der Waals surface area contributed by atoms with Crippen molar-refractivity contribution in [3.63, 3.8) is 0 Å². The maximum atomic E-state index is 9.18. The largest absolute Gasteiger partial charge is 0.468 e. The number of benzene rings is 1. The Balaban J connectivity index is 0.000000217. The van der Waals surface area contributed by atoms with Gasteiger partial charge in [-0.1, -0.05) is 34.1 Å². The van der Waals surface area contributed by atoms with Crippen molar-refractivity contribution in [2.24, 2.45) is 0 Å². The number of rotatable bonds is 2. The van der Waals surface area contributed by atoms with Crippen molar-refractivity contribution < 1.29 is 9.53 Å². The van der Waals surface area contributed by atoms with E-state index in [-0.39, 0.29) is 0 Å². The van der Waals surface area contributed by atoms with Crippen LogP contribution in [0.4, 0.5) is 0 Å². The van der Waals surface area contributed by atoms with Gasteiger partial charge in [-0.2, -0.15) is 0 Å². The molecule has 1 rings (SSSR count). The Morgan fingerprint density at radius 3 is 2.17 bits per heavy atom. The second-order valence-electron chi connectivity index (χ2n) is 1.85. The molecule has 0 aromatic heterocycles. The molecule has 0 aliphatic carbocycles. The molecular weight excluding hydrogens is 220 g/mol. The van der Waals surface area contributed by atoms with E-state index in [2.05, 4.69) is 20.7 Å². The summed E-state index contributed by atoms with van der Waals surface area (Å²) in [5.41, 5.74) is 0. The van der Waals surface area contributed by atoms with Crippen molar-refractivity contribution in [1.29, 1.82) is 0 Å². The van der Waals surface area contributed by atoms with Gasteiger partial charge in [-0.15, -0.1) is 0 Å². The minimum absolute atomic E-state index is 0.431. The molecule has 0 heterocycles. The Labute approximate surface area is 80.7 Å². The summed E-state index contributed by atoms with van der Waals surface area (Å²) < 4.78 is 5.29. The lowest BCUT2D eigenvalue weighted by Gasteiger charge is -1.80. The Morgan fingerprint density at radius 2 is 2.00 bits per heavy atom. The summed E-state index contributed by atoms with van der Waals surface area (Å²) in [5.74, 6) is 0. The van der Waals surface area contributed by atoms with Crippen LogP contribution in [0.3, 0.4) is 0 Å². The Hall–Kier alpha value is -0.830.